The van der Waals surface area contributed by atoms with E-state index in [0.29, 0.717) is 6.61 Å². The minimum atomic E-state index is 0.222. The van der Waals surface area contributed by atoms with E-state index in [0.717, 1.165) is 34.3 Å². The number of aryl methyl sites for hydroxylation is 1. The predicted octanol–water partition coefficient (Wildman–Crippen LogP) is 4.95. The Morgan fingerprint density at radius 1 is 1.20 bits per heavy atom. The van der Waals surface area contributed by atoms with E-state index in [-0.39, 0.29) is 6.04 Å². The van der Waals surface area contributed by atoms with E-state index < -0.39 is 0 Å². The van der Waals surface area contributed by atoms with Gasteiger partial charge in [0.25, 0.3) is 0 Å². The van der Waals surface area contributed by atoms with Crippen molar-refractivity contribution in [1.82, 2.24) is 10.3 Å². The minimum Gasteiger partial charge on any atom is -0.493 e. The highest BCUT2D eigenvalue weighted by Crippen LogP contribution is 2.29. The van der Waals surface area contributed by atoms with Gasteiger partial charge in [0.15, 0.2) is 11.5 Å². The molecule has 0 fully saturated rings. The molecule has 1 aromatic carbocycles. The first-order valence-corrected chi connectivity index (χ1v) is 9.89. The second-order valence-electron chi connectivity index (χ2n) is 5.78. The molecule has 1 atom stereocenters. The molecule has 0 radical (unpaired) electrons. The van der Waals surface area contributed by atoms with Gasteiger partial charge < -0.3 is 14.8 Å². The molecule has 0 saturated heterocycles. The topological polar surface area (TPSA) is 43.4 Å². The second-order valence-corrected chi connectivity index (χ2v) is 7.70. The monoisotopic (exact) mass is 374 g/mol. The molecule has 6 heteroatoms. The van der Waals surface area contributed by atoms with Crippen LogP contribution in [0.1, 0.15) is 34.1 Å². The van der Waals surface area contributed by atoms with Crippen LogP contribution in [0.3, 0.4) is 0 Å². The first-order valence-electron chi connectivity index (χ1n) is 8.13. The zero-order chi connectivity index (χ0) is 17.6. The van der Waals surface area contributed by atoms with E-state index in [4.69, 9.17) is 9.47 Å². The van der Waals surface area contributed by atoms with E-state index in [1.165, 1.54) is 4.88 Å². The number of thiophene rings is 1. The van der Waals surface area contributed by atoms with Crippen molar-refractivity contribution in [2.24, 2.45) is 0 Å². The summed E-state index contributed by atoms with van der Waals surface area (Å²) in [6.45, 7) is 5.47. The normalized spacial score (nSPS) is 12.1. The molecule has 0 aliphatic heterocycles. The Morgan fingerprint density at radius 2 is 2.08 bits per heavy atom. The van der Waals surface area contributed by atoms with Gasteiger partial charge in [-0.1, -0.05) is 12.1 Å². The Kier molecular flexibility index (Phi) is 6.07. The molecule has 0 saturated carbocycles. The highest BCUT2D eigenvalue weighted by molar-refractivity contribution is 7.10. The third kappa shape index (κ3) is 4.81. The molecule has 0 aliphatic carbocycles. The van der Waals surface area contributed by atoms with E-state index >= 15 is 0 Å². The molecular weight excluding hydrogens is 352 g/mol. The van der Waals surface area contributed by atoms with Gasteiger partial charge in [-0.3, -0.25) is 0 Å². The Morgan fingerprint density at radius 3 is 2.76 bits per heavy atom. The average Bonchev–Trinajstić information content (AvgIpc) is 3.29. The molecule has 3 aromatic rings. The molecule has 0 spiro atoms. The fourth-order valence-corrected chi connectivity index (χ4v) is 3.86. The number of rotatable bonds is 8. The highest BCUT2D eigenvalue weighted by Gasteiger charge is 2.11. The van der Waals surface area contributed by atoms with Crippen LogP contribution >= 0.6 is 22.7 Å². The lowest BCUT2D eigenvalue weighted by molar-refractivity contribution is 0.287. The van der Waals surface area contributed by atoms with Gasteiger partial charge in [0.1, 0.15) is 11.6 Å². The Labute approximate surface area is 156 Å². The van der Waals surface area contributed by atoms with Crippen LogP contribution in [0, 0.1) is 6.92 Å². The summed E-state index contributed by atoms with van der Waals surface area (Å²) >= 11 is 3.38. The molecule has 25 heavy (non-hydrogen) atoms. The molecule has 1 N–H and O–H groups in total. The van der Waals surface area contributed by atoms with Gasteiger partial charge in [0, 0.05) is 22.5 Å². The maximum atomic E-state index is 5.88. The Balaban J connectivity index is 1.60. The third-order valence-electron chi connectivity index (χ3n) is 3.80. The molecule has 2 heterocycles. The lowest BCUT2D eigenvalue weighted by Gasteiger charge is -2.14. The smallest absolute Gasteiger partial charge is 0.161 e. The summed E-state index contributed by atoms with van der Waals surface area (Å²) in [5.41, 5.74) is 2.23. The lowest BCUT2D eigenvalue weighted by Crippen LogP contribution is -2.18. The second kappa shape index (κ2) is 8.47. The number of nitrogens with zero attached hydrogens (tertiary/aromatic N) is 1. The highest BCUT2D eigenvalue weighted by atomic mass is 32.1. The van der Waals surface area contributed by atoms with Crippen LogP contribution in [-0.2, 0) is 13.2 Å². The van der Waals surface area contributed by atoms with Crippen LogP contribution in [0.4, 0.5) is 0 Å². The molecule has 4 nitrogen and oxygen atoms in total. The van der Waals surface area contributed by atoms with Crippen molar-refractivity contribution in [2.75, 3.05) is 7.11 Å². The molecule has 2 aromatic heterocycles. The minimum absolute atomic E-state index is 0.222. The molecule has 1 unspecified atom stereocenters. The summed E-state index contributed by atoms with van der Waals surface area (Å²) in [5, 5.41) is 8.75. The van der Waals surface area contributed by atoms with Crippen molar-refractivity contribution >= 4 is 22.7 Å². The zero-order valence-corrected chi connectivity index (χ0v) is 16.2. The lowest BCUT2D eigenvalue weighted by atomic mass is 10.2. The van der Waals surface area contributed by atoms with E-state index in [1.54, 1.807) is 29.8 Å². The summed E-state index contributed by atoms with van der Waals surface area (Å²) in [7, 11) is 1.67. The molecule has 0 aliphatic rings. The number of methoxy groups -OCH3 is 1. The van der Waals surface area contributed by atoms with Crippen molar-refractivity contribution in [3.05, 3.63) is 62.2 Å². The molecule has 0 amide bonds. The largest absolute Gasteiger partial charge is 0.493 e. The quantitative estimate of drug-likeness (QED) is 0.606. The van der Waals surface area contributed by atoms with Gasteiger partial charge in [-0.15, -0.1) is 22.7 Å². The summed E-state index contributed by atoms with van der Waals surface area (Å²) < 4.78 is 11.4. The number of aromatic nitrogens is 1. The van der Waals surface area contributed by atoms with Crippen LogP contribution in [0.15, 0.2) is 41.1 Å². The summed E-state index contributed by atoms with van der Waals surface area (Å²) in [6, 6.07) is 10.4. The number of hydrogen-bond acceptors (Lipinski definition) is 6. The summed E-state index contributed by atoms with van der Waals surface area (Å²) in [5.74, 6) is 1.52. The van der Waals surface area contributed by atoms with Crippen LogP contribution in [-0.4, -0.2) is 12.1 Å². The van der Waals surface area contributed by atoms with E-state index in [1.807, 2.05) is 25.1 Å². The van der Waals surface area contributed by atoms with Gasteiger partial charge >= 0.3 is 0 Å². The maximum Gasteiger partial charge on any atom is 0.161 e. The third-order valence-corrected chi connectivity index (χ3v) is 5.79. The van der Waals surface area contributed by atoms with Gasteiger partial charge in [-0.05, 0) is 43.0 Å². The SMILES string of the molecule is COc1cc(CNC(C)c2nc(C)cs2)ccc1OCc1cccs1. The van der Waals surface area contributed by atoms with E-state index in [2.05, 4.69) is 40.1 Å². The molecule has 3 rings (SSSR count). The maximum absolute atomic E-state index is 5.88. The van der Waals surface area contributed by atoms with Crippen molar-refractivity contribution in [1.29, 1.82) is 0 Å². The van der Waals surface area contributed by atoms with Crippen LogP contribution in [0.2, 0.25) is 0 Å². The Bertz CT molecular complexity index is 800. The average molecular weight is 375 g/mol. The van der Waals surface area contributed by atoms with Gasteiger partial charge in [-0.2, -0.15) is 0 Å². The molecule has 132 valence electrons. The van der Waals surface area contributed by atoms with Gasteiger partial charge in [-0.25, -0.2) is 4.98 Å². The van der Waals surface area contributed by atoms with Crippen molar-refractivity contribution in [3.63, 3.8) is 0 Å². The predicted molar refractivity (Wildman–Crippen MR) is 104 cm³/mol. The summed E-state index contributed by atoms with van der Waals surface area (Å²) in [4.78, 5) is 5.73. The molecular formula is C19H22N2O2S2. The van der Waals surface area contributed by atoms with Crippen LogP contribution in [0.25, 0.3) is 0 Å². The fourth-order valence-electron chi connectivity index (χ4n) is 2.41. The summed E-state index contributed by atoms with van der Waals surface area (Å²) in [6.07, 6.45) is 0. The Hall–Kier alpha value is -1.89. The van der Waals surface area contributed by atoms with Gasteiger partial charge in [0.2, 0.25) is 0 Å². The number of hydrogen-bond donors (Lipinski definition) is 1. The number of nitrogens with one attached hydrogen (secondary N) is 1. The first kappa shape index (κ1) is 17.9. The van der Waals surface area contributed by atoms with Crippen LogP contribution < -0.4 is 14.8 Å². The zero-order valence-electron chi connectivity index (χ0n) is 14.6. The standard InChI is InChI=1S/C19H22N2O2S2/c1-13-12-25-19(21-13)14(2)20-10-15-6-7-17(18(9-15)22-3)23-11-16-5-4-8-24-16/h4-9,12,14,20H,10-11H2,1-3H3. The number of thiazole rings is 1. The first-order chi connectivity index (χ1) is 12.2. The van der Waals surface area contributed by atoms with Gasteiger partial charge in [0.05, 0.1) is 13.2 Å². The van der Waals surface area contributed by atoms with Crippen LogP contribution in [0.5, 0.6) is 11.5 Å². The van der Waals surface area contributed by atoms with E-state index in [9.17, 15) is 0 Å². The van der Waals surface area contributed by atoms with Crippen molar-refractivity contribution in [3.8, 4) is 11.5 Å². The number of ether oxygens (including phenoxy) is 2. The van der Waals surface area contributed by atoms with Crippen molar-refractivity contribution < 1.29 is 9.47 Å². The molecule has 0 bridgehead atoms. The number of benzene rings is 1. The van der Waals surface area contributed by atoms with Crippen molar-refractivity contribution in [2.45, 2.75) is 33.0 Å². The fraction of sp³-hybridized carbons (Fsp3) is 0.316.